The van der Waals surface area contributed by atoms with E-state index in [2.05, 4.69) is 15.9 Å². The van der Waals surface area contributed by atoms with Crippen molar-refractivity contribution >= 4 is 39.5 Å². The van der Waals surface area contributed by atoms with Gasteiger partial charge in [-0.25, -0.2) is 4.79 Å². The quantitative estimate of drug-likeness (QED) is 0.501. The molecule has 0 aliphatic carbocycles. The van der Waals surface area contributed by atoms with Gasteiger partial charge in [0.25, 0.3) is 0 Å². The van der Waals surface area contributed by atoms with Crippen molar-refractivity contribution < 1.29 is 14.4 Å². The highest BCUT2D eigenvalue weighted by molar-refractivity contribution is 9.10. The Bertz CT molecular complexity index is 538. The standard InChI is InChI=1S/C11H10BrN3O3/c1-14-9(16)10(17)15(11(14)18)5-6-2-7(12)4-8(13)3-6/h2-4H,5,13H2,1H3. The SMILES string of the molecule is CN1C(=O)C(=O)N(Cc2cc(N)cc(Br)c2)C1=O. The number of urea groups is 1. The van der Waals surface area contributed by atoms with Gasteiger partial charge in [0.05, 0.1) is 6.54 Å². The molecule has 1 saturated heterocycles. The number of hydrogen-bond donors (Lipinski definition) is 1. The minimum absolute atomic E-state index is 0.0252. The summed E-state index contributed by atoms with van der Waals surface area (Å²) in [5.74, 6) is -1.64. The first-order chi connectivity index (χ1) is 8.40. The third kappa shape index (κ3) is 2.08. The van der Waals surface area contributed by atoms with Gasteiger partial charge in [0.15, 0.2) is 0 Å². The van der Waals surface area contributed by atoms with Crippen molar-refractivity contribution in [1.29, 1.82) is 0 Å². The number of imide groups is 2. The molecular formula is C11H10BrN3O3. The van der Waals surface area contributed by atoms with Crippen molar-refractivity contribution in [3.63, 3.8) is 0 Å². The minimum Gasteiger partial charge on any atom is -0.399 e. The molecule has 6 nitrogen and oxygen atoms in total. The highest BCUT2D eigenvalue weighted by atomic mass is 79.9. The highest BCUT2D eigenvalue weighted by Gasteiger charge is 2.41. The fraction of sp³-hybridized carbons (Fsp3) is 0.182. The predicted molar refractivity (Wildman–Crippen MR) is 67.3 cm³/mol. The number of likely N-dealkylation sites (N-methyl/N-ethyl adjacent to an activating group) is 1. The third-order valence-corrected chi connectivity index (χ3v) is 3.03. The second-order valence-corrected chi connectivity index (χ2v) is 4.85. The van der Waals surface area contributed by atoms with Gasteiger partial charge in [-0.2, -0.15) is 0 Å². The number of nitrogens with zero attached hydrogens (tertiary/aromatic N) is 2. The van der Waals surface area contributed by atoms with Crippen LogP contribution in [0.1, 0.15) is 5.56 Å². The Labute approximate surface area is 111 Å². The first kappa shape index (κ1) is 12.6. The van der Waals surface area contributed by atoms with Crippen LogP contribution in [0.3, 0.4) is 0 Å². The summed E-state index contributed by atoms with van der Waals surface area (Å²) in [4.78, 5) is 36.3. The average Bonchev–Trinajstić information content (AvgIpc) is 2.46. The molecule has 2 N–H and O–H groups in total. The van der Waals surface area contributed by atoms with E-state index < -0.39 is 17.8 Å². The second-order valence-electron chi connectivity index (χ2n) is 3.93. The Balaban J connectivity index is 2.27. The van der Waals surface area contributed by atoms with Crippen molar-refractivity contribution in [1.82, 2.24) is 9.80 Å². The van der Waals surface area contributed by atoms with Crippen LogP contribution in [0.15, 0.2) is 22.7 Å². The Morgan fingerprint density at radius 3 is 2.33 bits per heavy atom. The van der Waals surface area contributed by atoms with Gasteiger partial charge in [0.2, 0.25) is 0 Å². The zero-order chi connectivity index (χ0) is 13.4. The number of anilines is 1. The molecule has 1 aliphatic heterocycles. The van der Waals surface area contributed by atoms with Crippen LogP contribution >= 0.6 is 15.9 Å². The van der Waals surface area contributed by atoms with E-state index in [0.717, 1.165) is 14.3 Å². The number of carbonyl (C=O) groups excluding carboxylic acids is 3. The lowest BCUT2D eigenvalue weighted by Gasteiger charge is -2.13. The largest absolute Gasteiger partial charge is 0.399 e. The number of rotatable bonds is 2. The van der Waals surface area contributed by atoms with Gasteiger partial charge in [-0.1, -0.05) is 15.9 Å². The van der Waals surface area contributed by atoms with Crippen LogP contribution in [-0.4, -0.2) is 34.7 Å². The normalized spacial score (nSPS) is 15.8. The van der Waals surface area contributed by atoms with E-state index in [1.165, 1.54) is 7.05 Å². The molecule has 94 valence electrons. The lowest BCUT2D eigenvalue weighted by molar-refractivity contribution is -0.143. The molecule has 1 aromatic carbocycles. The van der Waals surface area contributed by atoms with E-state index in [-0.39, 0.29) is 6.54 Å². The summed E-state index contributed by atoms with van der Waals surface area (Å²) in [6.07, 6.45) is 0. The van der Waals surface area contributed by atoms with E-state index in [9.17, 15) is 14.4 Å². The summed E-state index contributed by atoms with van der Waals surface area (Å²) in [5.41, 5.74) is 6.85. The van der Waals surface area contributed by atoms with Crippen molar-refractivity contribution in [3.8, 4) is 0 Å². The summed E-state index contributed by atoms with van der Waals surface area (Å²) in [6, 6.07) is 4.46. The van der Waals surface area contributed by atoms with E-state index >= 15 is 0 Å². The number of halogens is 1. The monoisotopic (exact) mass is 311 g/mol. The molecule has 1 fully saturated rings. The summed E-state index contributed by atoms with van der Waals surface area (Å²) >= 11 is 3.27. The first-order valence-electron chi connectivity index (χ1n) is 5.08. The van der Waals surface area contributed by atoms with Crippen LogP contribution in [0.5, 0.6) is 0 Å². The van der Waals surface area contributed by atoms with Crippen LogP contribution in [-0.2, 0) is 16.1 Å². The van der Waals surface area contributed by atoms with Crippen molar-refractivity contribution in [2.24, 2.45) is 0 Å². The molecule has 1 aliphatic rings. The van der Waals surface area contributed by atoms with Crippen molar-refractivity contribution in [2.75, 3.05) is 12.8 Å². The molecule has 0 radical (unpaired) electrons. The maximum Gasteiger partial charge on any atom is 0.334 e. The maximum absolute atomic E-state index is 11.7. The summed E-state index contributed by atoms with van der Waals surface area (Å²) in [7, 11) is 1.28. The fourth-order valence-electron chi connectivity index (χ4n) is 1.70. The zero-order valence-electron chi connectivity index (χ0n) is 9.51. The molecule has 0 bridgehead atoms. The number of benzene rings is 1. The molecule has 7 heteroatoms. The van der Waals surface area contributed by atoms with E-state index in [0.29, 0.717) is 11.3 Å². The lowest BCUT2D eigenvalue weighted by atomic mass is 10.2. The van der Waals surface area contributed by atoms with Gasteiger partial charge in [-0.3, -0.25) is 19.4 Å². The summed E-state index contributed by atoms with van der Waals surface area (Å²) in [6.45, 7) is 0.0252. The zero-order valence-corrected chi connectivity index (χ0v) is 11.1. The van der Waals surface area contributed by atoms with Gasteiger partial charge in [0.1, 0.15) is 0 Å². The number of carbonyl (C=O) groups is 3. The van der Waals surface area contributed by atoms with Crippen LogP contribution in [0.2, 0.25) is 0 Å². The Kier molecular flexibility index (Phi) is 3.08. The first-order valence-corrected chi connectivity index (χ1v) is 5.88. The molecular weight excluding hydrogens is 302 g/mol. The van der Waals surface area contributed by atoms with Crippen molar-refractivity contribution in [3.05, 3.63) is 28.2 Å². The Hall–Kier alpha value is -1.89. The smallest absolute Gasteiger partial charge is 0.334 e. The molecule has 0 spiro atoms. The number of hydrogen-bond acceptors (Lipinski definition) is 4. The second kappa shape index (κ2) is 4.41. The molecule has 0 saturated carbocycles. The highest BCUT2D eigenvalue weighted by Crippen LogP contribution is 2.20. The molecule has 1 heterocycles. The van der Waals surface area contributed by atoms with Crippen LogP contribution in [0.25, 0.3) is 0 Å². The lowest BCUT2D eigenvalue weighted by Crippen LogP contribution is -2.31. The van der Waals surface area contributed by atoms with Crippen LogP contribution in [0.4, 0.5) is 10.5 Å². The molecule has 18 heavy (non-hydrogen) atoms. The van der Waals surface area contributed by atoms with Gasteiger partial charge >= 0.3 is 17.8 Å². The summed E-state index contributed by atoms with van der Waals surface area (Å²) in [5, 5.41) is 0. The van der Waals surface area contributed by atoms with Crippen molar-refractivity contribution in [2.45, 2.75) is 6.54 Å². The van der Waals surface area contributed by atoms with Gasteiger partial charge in [-0.15, -0.1) is 0 Å². The Morgan fingerprint density at radius 1 is 1.17 bits per heavy atom. The molecule has 4 amide bonds. The van der Waals surface area contributed by atoms with Gasteiger partial charge < -0.3 is 5.73 Å². The van der Waals surface area contributed by atoms with E-state index in [1.54, 1.807) is 18.2 Å². The fourth-order valence-corrected chi connectivity index (χ4v) is 2.26. The topological polar surface area (TPSA) is 83.7 Å². The van der Waals surface area contributed by atoms with Crippen LogP contribution < -0.4 is 5.73 Å². The Morgan fingerprint density at radius 2 is 1.83 bits per heavy atom. The number of amides is 4. The molecule has 0 aromatic heterocycles. The summed E-state index contributed by atoms with van der Waals surface area (Å²) < 4.78 is 0.747. The minimum atomic E-state index is -0.818. The van der Waals surface area contributed by atoms with E-state index in [1.807, 2.05) is 0 Å². The molecule has 2 rings (SSSR count). The maximum atomic E-state index is 11.7. The average molecular weight is 312 g/mol. The van der Waals surface area contributed by atoms with Gasteiger partial charge in [-0.05, 0) is 23.8 Å². The van der Waals surface area contributed by atoms with E-state index in [4.69, 9.17) is 5.73 Å². The van der Waals surface area contributed by atoms with Gasteiger partial charge in [0, 0.05) is 17.2 Å². The van der Waals surface area contributed by atoms with Crippen LogP contribution in [0, 0.1) is 0 Å². The number of nitrogen functional groups attached to an aromatic ring is 1. The number of nitrogens with two attached hydrogens (primary N) is 1. The molecule has 0 atom stereocenters. The third-order valence-electron chi connectivity index (χ3n) is 2.57. The molecule has 1 aromatic rings. The predicted octanol–water partition coefficient (Wildman–Crippen LogP) is 0.952. The molecule has 0 unspecified atom stereocenters.